The molecule has 0 amide bonds. The Hall–Kier alpha value is -0.770. The molecule has 1 N–H and O–H groups in total. The van der Waals surface area contributed by atoms with Gasteiger partial charge in [0.1, 0.15) is 0 Å². The van der Waals surface area contributed by atoms with Gasteiger partial charge < -0.3 is 4.98 Å². The number of hydrogen-bond acceptors (Lipinski definition) is 3. The van der Waals surface area contributed by atoms with Crippen LogP contribution >= 0.6 is 11.8 Å². The van der Waals surface area contributed by atoms with Crippen molar-refractivity contribution in [2.75, 3.05) is 11.5 Å². The van der Waals surface area contributed by atoms with Crippen molar-refractivity contribution in [3.8, 4) is 0 Å². The second-order valence-corrected chi connectivity index (χ2v) is 4.03. The average molecular weight is 182 g/mol. The van der Waals surface area contributed by atoms with E-state index in [1.54, 1.807) is 6.20 Å². The van der Waals surface area contributed by atoms with E-state index in [1.807, 2.05) is 11.8 Å². The molecule has 2 heterocycles. The fraction of sp³-hybridized carbons (Fsp3) is 0.500. The standard InChI is InChI=1S/C8H10N2OS/c11-8-9-5-6-1-3-12-4-2-7(6)10-8/h5H,1-4H2,(H,9,10,11). The van der Waals surface area contributed by atoms with Crippen LogP contribution in [0.4, 0.5) is 0 Å². The van der Waals surface area contributed by atoms with Gasteiger partial charge in [-0.15, -0.1) is 0 Å². The van der Waals surface area contributed by atoms with Crippen molar-refractivity contribution in [2.45, 2.75) is 12.8 Å². The number of H-pyrrole nitrogens is 1. The lowest BCUT2D eigenvalue weighted by Gasteiger charge is -2.01. The summed E-state index contributed by atoms with van der Waals surface area (Å²) in [7, 11) is 0. The average Bonchev–Trinajstić information content (AvgIpc) is 2.28. The van der Waals surface area contributed by atoms with Gasteiger partial charge in [-0.3, -0.25) is 0 Å². The summed E-state index contributed by atoms with van der Waals surface area (Å²) in [6.07, 6.45) is 3.71. The molecule has 1 aromatic heterocycles. The molecule has 0 saturated heterocycles. The zero-order chi connectivity index (χ0) is 8.39. The van der Waals surface area contributed by atoms with Gasteiger partial charge in [-0.05, 0) is 29.9 Å². The van der Waals surface area contributed by atoms with Crippen LogP contribution in [0.2, 0.25) is 0 Å². The Morgan fingerprint density at radius 2 is 2.25 bits per heavy atom. The van der Waals surface area contributed by atoms with E-state index in [9.17, 15) is 4.79 Å². The maximum Gasteiger partial charge on any atom is 0.345 e. The molecule has 0 unspecified atom stereocenters. The number of nitrogens with one attached hydrogen (secondary N) is 1. The summed E-state index contributed by atoms with van der Waals surface area (Å²) in [6, 6.07) is 0. The van der Waals surface area contributed by atoms with Gasteiger partial charge in [0.05, 0.1) is 0 Å². The fourth-order valence-electron chi connectivity index (χ4n) is 1.35. The first-order valence-corrected chi connectivity index (χ1v) is 5.16. The van der Waals surface area contributed by atoms with Gasteiger partial charge in [-0.2, -0.15) is 11.8 Å². The molecule has 0 atom stereocenters. The molecule has 0 fully saturated rings. The van der Waals surface area contributed by atoms with E-state index in [0.29, 0.717) is 0 Å². The number of aromatic nitrogens is 2. The van der Waals surface area contributed by atoms with Gasteiger partial charge in [-0.25, -0.2) is 9.78 Å². The van der Waals surface area contributed by atoms with E-state index in [0.717, 1.165) is 30.0 Å². The van der Waals surface area contributed by atoms with Gasteiger partial charge in [0.2, 0.25) is 0 Å². The molecule has 1 aliphatic rings. The highest BCUT2D eigenvalue weighted by Crippen LogP contribution is 2.15. The molecule has 0 bridgehead atoms. The number of aryl methyl sites for hydroxylation is 2. The van der Waals surface area contributed by atoms with Crippen LogP contribution in [0, 0.1) is 0 Å². The van der Waals surface area contributed by atoms with Crippen LogP contribution in [-0.2, 0) is 12.8 Å². The lowest BCUT2D eigenvalue weighted by Crippen LogP contribution is -2.14. The molecule has 0 spiro atoms. The Bertz CT molecular complexity index is 334. The summed E-state index contributed by atoms with van der Waals surface area (Å²) < 4.78 is 0. The van der Waals surface area contributed by atoms with Gasteiger partial charge in [0, 0.05) is 11.9 Å². The lowest BCUT2D eigenvalue weighted by molar-refractivity contribution is 0.919. The Morgan fingerprint density at radius 3 is 3.17 bits per heavy atom. The number of rotatable bonds is 0. The molecular weight excluding hydrogens is 172 g/mol. The topological polar surface area (TPSA) is 45.8 Å². The summed E-state index contributed by atoms with van der Waals surface area (Å²) in [6.45, 7) is 0. The van der Waals surface area contributed by atoms with Crippen LogP contribution in [0.25, 0.3) is 0 Å². The summed E-state index contributed by atoms with van der Waals surface area (Å²) in [4.78, 5) is 17.4. The Labute approximate surface area is 74.6 Å². The van der Waals surface area contributed by atoms with Gasteiger partial charge in [0.15, 0.2) is 0 Å². The van der Waals surface area contributed by atoms with E-state index >= 15 is 0 Å². The Kier molecular flexibility index (Phi) is 2.17. The van der Waals surface area contributed by atoms with Crippen molar-refractivity contribution in [2.24, 2.45) is 0 Å². The molecule has 12 heavy (non-hydrogen) atoms. The highest BCUT2D eigenvalue weighted by atomic mass is 32.2. The zero-order valence-electron chi connectivity index (χ0n) is 6.67. The minimum Gasteiger partial charge on any atom is -0.310 e. The fourth-order valence-corrected chi connectivity index (χ4v) is 2.27. The van der Waals surface area contributed by atoms with Crippen molar-refractivity contribution in [3.63, 3.8) is 0 Å². The van der Waals surface area contributed by atoms with Crippen LogP contribution in [0.5, 0.6) is 0 Å². The highest BCUT2D eigenvalue weighted by Gasteiger charge is 2.08. The molecule has 0 saturated carbocycles. The molecule has 64 valence electrons. The second-order valence-electron chi connectivity index (χ2n) is 2.80. The van der Waals surface area contributed by atoms with Crippen molar-refractivity contribution in [1.29, 1.82) is 0 Å². The first kappa shape index (κ1) is 7.86. The van der Waals surface area contributed by atoms with E-state index in [-0.39, 0.29) is 5.69 Å². The minimum atomic E-state index is -0.222. The maximum atomic E-state index is 10.9. The Morgan fingerprint density at radius 1 is 1.42 bits per heavy atom. The van der Waals surface area contributed by atoms with E-state index in [2.05, 4.69) is 9.97 Å². The zero-order valence-corrected chi connectivity index (χ0v) is 7.49. The van der Waals surface area contributed by atoms with Crippen LogP contribution in [-0.4, -0.2) is 21.5 Å². The quantitative estimate of drug-likeness (QED) is 0.639. The molecule has 3 nitrogen and oxygen atoms in total. The summed E-state index contributed by atoms with van der Waals surface area (Å²) in [5.41, 5.74) is 2.07. The normalized spacial score (nSPS) is 16.7. The van der Waals surface area contributed by atoms with E-state index in [1.165, 1.54) is 5.56 Å². The van der Waals surface area contributed by atoms with E-state index in [4.69, 9.17) is 0 Å². The molecule has 1 aromatic rings. The highest BCUT2D eigenvalue weighted by molar-refractivity contribution is 7.99. The Balaban J connectivity index is 2.43. The lowest BCUT2D eigenvalue weighted by atomic mass is 10.1. The van der Waals surface area contributed by atoms with E-state index < -0.39 is 0 Å². The summed E-state index contributed by atoms with van der Waals surface area (Å²) >= 11 is 1.93. The van der Waals surface area contributed by atoms with Crippen LogP contribution in [0.3, 0.4) is 0 Å². The van der Waals surface area contributed by atoms with Crippen LogP contribution < -0.4 is 5.69 Å². The first-order chi connectivity index (χ1) is 5.86. The summed E-state index contributed by atoms with van der Waals surface area (Å²) in [5, 5.41) is 0. The van der Waals surface area contributed by atoms with Crippen molar-refractivity contribution < 1.29 is 0 Å². The largest absolute Gasteiger partial charge is 0.345 e. The van der Waals surface area contributed by atoms with Gasteiger partial charge in [0.25, 0.3) is 0 Å². The predicted octanol–water partition coefficient (Wildman–Crippen LogP) is 0.602. The minimum absolute atomic E-state index is 0.222. The third-order valence-electron chi connectivity index (χ3n) is 2.00. The van der Waals surface area contributed by atoms with Crippen molar-refractivity contribution >= 4 is 11.8 Å². The number of fused-ring (bicyclic) bond motifs is 1. The molecule has 0 aromatic carbocycles. The number of hydrogen-bond donors (Lipinski definition) is 1. The number of thioether (sulfide) groups is 1. The van der Waals surface area contributed by atoms with Crippen LogP contribution in [0.15, 0.2) is 11.0 Å². The van der Waals surface area contributed by atoms with Crippen molar-refractivity contribution in [3.05, 3.63) is 27.9 Å². The monoisotopic (exact) mass is 182 g/mol. The molecule has 1 aliphatic heterocycles. The van der Waals surface area contributed by atoms with Crippen LogP contribution in [0.1, 0.15) is 11.3 Å². The maximum absolute atomic E-state index is 10.9. The van der Waals surface area contributed by atoms with Gasteiger partial charge in [-0.1, -0.05) is 0 Å². The molecule has 0 radical (unpaired) electrons. The number of aromatic amines is 1. The molecule has 2 rings (SSSR count). The second kappa shape index (κ2) is 3.31. The molecule has 0 aliphatic carbocycles. The predicted molar refractivity (Wildman–Crippen MR) is 49.6 cm³/mol. The van der Waals surface area contributed by atoms with Crippen molar-refractivity contribution in [1.82, 2.24) is 9.97 Å². The SMILES string of the molecule is O=c1ncc2c([nH]1)CCSCC2. The smallest absolute Gasteiger partial charge is 0.310 e. The first-order valence-electron chi connectivity index (χ1n) is 4.01. The molecule has 4 heteroatoms. The third-order valence-corrected chi connectivity index (χ3v) is 2.98. The number of nitrogens with zero attached hydrogens (tertiary/aromatic N) is 1. The summed E-state index contributed by atoms with van der Waals surface area (Å²) in [5.74, 6) is 2.24. The van der Waals surface area contributed by atoms with Gasteiger partial charge >= 0.3 is 5.69 Å². The third kappa shape index (κ3) is 1.53. The molecular formula is C8H10N2OS.